The Balaban J connectivity index is 2.31. The van der Waals surface area contributed by atoms with E-state index < -0.39 is 11.0 Å². The molecule has 1 aromatic carbocycles. The molecule has 1 fully saturated rings. The Hall–Kier alpha value is -1.66. The lowest BCUT2D eigenvalue weighted by molar-refractivity contribution is -0.384. The summed E-state index contributed by atoms with van der Waals surface area (Å²) < 4.78 is 0. The first kappa shape index (κ1) is 13.8. The van der Waals surface area contributed by atoms with Gasteiger partial charge in [-0.2, -0.15) is 0 Å². The van der Waals surface area contributed by atoms with Crippen molar-refractivity contribution in [3.8, 4) is 0 Å². The van der Waals surface area contributed by atoms with E-state index >= 15 is 0 Å². The van der Waals surface area contributed by atoms with Crippen LogP contribution in [0.15, 0.2) is 18.2 Å². The maximum Gasteiger partial charge on any atom is 0.292 e. The molecule has 1 heterocycles. The number of benzene rings is 1. The smallest absolute Gasteiger partial charge is 0.292 e. The summed E-state index contributed by atoms with van der Waals surface area (Å²) in [6, 6.07) is 4.81. The third kappa shape index (κ3) is 3.02. The zero-order valence-corrected chi connectivity index (χ0v) is 10.8. The topological polar surface area (TPSA) is 86.8 Å². The molecule has 1 unspecified atom stereocenters. The summed E-state index contributed by atoms with van der Waals surface area (Å²) in [5.41, 5.74) is 1.10. The Bertz CT molecular complexity index is 468. The first-order chi connectivity index (χ1) is 8.99. The Labute approximate surface area is 111 Å². The van der Waals surface area contributed by atoms with Crippen LogP contribution in [0.3, 0.4) is 0 Å². The van der Waals surface area contributed by atoms with E-state index in [0.717, 1.165) is 0 Å². The molecule has 6 nitrogen and oxygen atoms in total. The van der Waals surface area contributed by atoms with Crippen LogP contribution in [0.4, 0.5) is 11.4 Å². The summed E-state index contributed by atoms with van der Waals surface area (Å²) in [7, 11) is 0. The third-order valence-corrected chi connectivity index (χ3v) is 3.48. The van der Waals surface area contributed by atoms with Crippen molar-refractivity contribution < 1.29 is 15.1 Å². The molecule has 2 rings (SSSR count). The van der Waals surface area contributed by atoms with E-state index in [1.165, 1.54) is 6.07 Å². The lowest BCUT2D eigenvalue weighted by Crippen LogP contribution is -2.36. The number of anilines is 1. The van der Waals surface area contributed by atoms with Gasteiger partial charge in [0, 0.05) is 19.2 Å². The van der Waals surface area contributed by atoms with Gasteiger partial charge in [0.25, 0.3) is 5.69 Å². The highest BCUT2D eigenvalue weighted by atomic mass is 16.6. The predicted octanol–water partition coefficient (Wildman–Crippen LogP) is 1.61. The Kier molecular flexibility index (Phi) is 4.01. The fourth-order valence-electron chi connectivity index (χ4n) is 2.32. The van der Waals surface area contributed by atoms with Crippen LogP contribution >= 0.6 is 0 Å². The monoisotopic (exact) mass is 266 g/mol. The van der Waals surface area contributed by atoms with Gasteiger partial charge in [0.15, 0.2) is 0 Å². The summed E-state index contributed by atoms with van der Waals surface area (Å²) in [5, 5.41) is 30.1. The van der Waals surface area contributed by atoms with Crippen molar-refractivity contribution in [2.45, 2.75) is 32.0 Å². The predicted molar refractivity (Wildman–Crippen MR) is 71.2 cm³/mol. The minimum Gasteiger partial charge on any atom is -0.393 e. The Morgan fingerprint density at radius 1 is 1.42 bits per heavy atom. The van der Waals surface area contributed by atoms with Gasteiger partial charge in [-0.25, -0.2) is 0 Å². The van der Waals surface area contributed by atoms with Crippen molar-refractivity contribution in [3.05, 3.63) is 33.9 Å². The fourth-order valence-corrected chi connectivity index (χ4v) is 2.32. The molecule has 2 N–H and O–H groups in total. The lowest BCUT2D eigenvalue weighted by atomic mass is 10.0. The van der Waals surface area contributed by atoms with Gasteiger partial charge in [0.2, 0.25) is 0 Å². The van der Waals surface area contributed by atoms with Gasteiger partial charge < -0.3 is 15.1 Å². The molecule has 0 radical (unpaired) electrons. The second-order valence-corrected chi connectivity index (χ2v) is 4.90. The van der Waals surface area contributed by atoms with E-state index in [0.29, 0.717) is 37.2 Å². The highest BCUT2D eigenvalue weighted by molar-refractivity contribution is 5.64. The molecular formula is C13H18N2O4. The van der Waals surface area contributed by atoms with Crippen LogP contribution in [0.1, 0.15) is 31.4 Å². The number of hydrogen-bond donors (Lipinski definition) is 2. The summed E-state index contributed by atoms with van der Waals surface area (Å²) in [6.07, 6.45) is 0.202. The van der Waals surface area contributed by atoms with E-state index in [-0.39, 0.29) is 11.8 Å². The number of nitro groups is 1. The number of aliphatic hydroxyl groups is 2. The van der Waals surface area contributed by atoms with E-state index in [9.17, 15) is 20.3 Å². The number of hydrogen-bond acceptors (Lipinski definition) is 5. The van der Waals surface area contributed by atoms with Gasteiger partial charge in [-0.3, -0.25) is 10.1 Å². The lowest BCUT2D eigenvalue weighted by Gasteiger charge is -2.31. The second-order valence-electron chi connectivity index (χ2n) is 4.90. The molecular weight excluding hydrogens is 248 g/mol. The zero-order chi connectivity index (χ0) is 14.0. The number of piperidine rings is 1. The van der Waals surface area contributed by atoms with Gasteiger partial charge in [-0.1, -0.05) is 6.07 Å². The van der Waals surface area contributed by atoms with E-state index in [1.807, 2.05) is 4.90 Å². The van der Waals surface area contributed by atoms with Crippen LogP contribution in [0.5, 0.6) is 0 Å². The molecule has 1 atom stereocenters. The van der Waals surface area contributed by atoms with Crippen molar-refractivity contribution in [2.75, 3.05) is 18.0 Å². The number of nitrogens with zero attached hydrogens (tertiary/aromatic N) is 2. The first-order valence-corrected chi connectivity index (χ1v) is 6.38. The van der Waals surface area contributed by atoms with Crippen molar-refractivity contribution in [1.82, 2.24) is 0 Å². The zero-order valence-electron chi connectivity index (χ0n) is 10.8. The molecule has 0 bridgehead atoms. The van der Waals surface area contributed by atoms with E-state index in [4.69, 9.17) is 0 Å². The highest BCUT2D eigenvalue weighted by Gasteiger charge is 2.24. The Morgan fingerprint density at radius 2 is 2.05 bits per heavy atom. The van der Waals surface area contributed by atoms with Crippen LogP contribution in [0, 0.1) is 10.1 Å². The van der Waals surface area contributed by atoms with Gasteiger partial charge in [-0.05, 0) is 31.4 Å². The van der Waals surface area contributed by atoms with Crippen molar-refractivity contribution in [3.63, 3.8) is 0 Å². The van der Waals surface area contributed by atoms with Gasteiger partial charge in [0.1, 0.15) is 5.69 Å². The quantitative estimate of drug-likeness (QED) is 0.641. The molecule has 1 aliphatic heterocycles. The molecule has 0 saturated carbocycles. The molecule has 104 valence electrons. The largest absolute Gasteiger partial charge is 0.393 e. The average molecular weight is 266 g/mol. The second kappa shape index (κ2) is 5.54. The molecule has 0 spiro atoms. The number of rotatable bonds is 3. The average Bonchev–Trinajstić information content (AvgIpc) is 2.38. The van der Waals surface area contributed by atoms with Crippen molar-refractivity contribution in [1.29, 1.82) is 0 Å². The maximum absolute atomic E-state index is 11.2. The standard InChI is InChI=1S/C13H18N2O4/c1-9(16)10-2-3-12(13(8-10)15(18)19)14-6-4-11(17)5-7-14/h2-3,8-9,11,16-17H,4-7H2,1H3. The maximum atomic E-state index is 11.2. The van der Waals surface area contributed by atoms with Crippen LogP contribution in [-0.2, 0) is 0 Å². The molecule has 19 heavy (non-hydrogen) atoms. The summed E-state index contributed by atoms with van der Waals surface area (Å²) in [6.45, 7) is 2.79. The van der Waals surface area contributed by atoms with Crippen LogP contribution < -0.4 is 4.90 Å². The molecule has 0 aliphatic carbocycles. The van der Waals surface area contributed by atoms with Gasteiger partial charge in [-0.15, -0.1) is 0 Å². The summed E-state index contributed by atoms with van der Waals surface area (Å²) in [5.74, 6) is 0. The highest BCUT2D eigenvalue weighted by Crippen LogP contribution is 2.32. The first-order valence-electron chi connectivity index (χ1n) is 6.38. The number of aliphatic hydroxyl groups excluding tert-OH is 2. The molecule has 1 aromatic rings. The molecule has 1 saturated heterocycles. The molecule has 1 aliphatic rings. The van der Waals surface area contributed by atoms with Gasteiger partial charge in [0.05, 0.1) is 17.1 Å². The van der Waals surface area contributed by atoms with Gasteiger partial charge >= 0.3 is 0 Å². The van der Waals surface area contributed by atoms with Crippen molar-refractivity contribution >= 4 is 11.4 Å². The molecule has 0 amide bonds. The Morgan fingerprint density at radius 3 is 2.58 bits per heavy atom. The van der Waals surface area contributed by atoms with E-state index in [2.05, 4.69) is 0 Å². The van der Waals surface area contributed by atoms with Crippen LogP contribution in [0.25, 0.3) is 0 Å². The minimum absolute atomic E-state index is 0.00906. The van der Waals surface area contributed by atoms with Crippen molar-refractivity contribution in [2.24, 2.45) is 0 Å². The summed E-state index contributed by atoms with van der Waals surface area (Å²) in [4.78, 5) is 12.6. The normalized spacial score (nSPS) is 18.4. The third-order valence-electron chi connectivity index (χ3n) is 3.48. The molecule has 6 heteroatoms. The number of nitro benzene ring substituents is 1. The fraction of sp³-hybridized carbons (Fsp3) is 0.538. The summed E-state index contributed by atoms with van der Waals surface area (Å²) >= 11 is 0. The SMILES string of the molecule is CC(O)c1ccc(N2CCC(O)CC2)c([N+](=O)[O-])c1. The van der Waals surface area contributed by atoms with Crippen LogP contribution in [-0.4, -0.2) is 34.3 Å². The minimum atomic E-state index is -0.726. The van der Waals surface area contributed by atoms with E-state index in [1.54, 1.807) is 19.1 Å². The molecule has 0 aromatic heterocycles. The van der Waals surface area contributed by atoms with Crippen LogP contribution in [0.2, 0.25) is 0 Å².